The highest BCUT2D eigenvalue weighted by atomic mass is 16.2. The predicted octanol–water partition coefficient (Wildman–Crippen LogP) is 3.15. The third kappa shape index (κ3) is 10.4. The maximum absolute atomic E-state index is 8.32. The minimum atomic E-state index is 0.345. The second-order valence-electron chi connectivity index (χ2n) is 5.66. The normalized spacial score (nSPS) is 16.7. The van der Waals surface area contributed by atoms with Crippen LogP contribution in [-0.2, 0) is 0 Å². The molecule has 1 rings (SSSR count). The second kappa shape index (κ2) is 10.1. The molecule has 0 atom stereocenters. The summed E-state index contributed by atoms with van der Waals surface area (Å²) >= 11 is 0. The van der Waals surface area contributed by atoms with E-state index in [1.807, 2.05) is 0 Å². The Hall–Kier alpha value is -0.0800. The van der Waals surface area contributed by atoms with Crippen molar-refractivity contribution in [3.63, 3.8) is 0 Å². The highest BCUT2D eigenvalue weighted by Crippen LogP contribution is 2.09. The first-order valence-corrected chi connectivity index (χ1v) is 6.89. The highest BCUT2D eigenvalue weighted by molar-refractivity contribution is 4.66. The van der Waals surface area contributed by atoms with Crippen molar-refractivity contribution in [1.82, 2.24) is 4.90 Å². The van der Waals surface area contributed by atoms with Crippen LogP contribution in [-0.4, -0.2) is 36.2 Å². The number of aliphatic hydroxyl groups is 1. The maximum atomic E-state index is 8.32. The molecule has 1 fully saturated rings. The zero-order valence-corrected chi connectivity index (χ0v) is 11.7. The molecule has 0 aromatic heterocycles. The van der Waals surface area contributed by atoms with Crippen LogP contribution in [0.4, 0.5) is 0 Å². The van der Waals surface area contributed by atoms with Gasteiger partial charge in [-0.25, -0.2) is 0 Å². The molecule has 0 spiro atoms. The molecular weight excluding hydrogens is 198 g/mol. The molecule has 0 aromatic carbocycles. The molecule has 1 saturated heterocycles. The fraction of sp³-hybridized carbons (Fsp3) is 1.00. The van der Waals surface area contributed by atoms with Crippen LogP contribution in [0.5, 0.6) is 0 Å². The van der Waals surface area contributed by atoms with Crippen LogP contribution in [0.3, 0.4) is 0 Å². The Balaban J connectivity index is 0.000000293. The van der Waals surface area contributed by atoms with Crippen molar-refractivity contribution in [2.45, 2.75) is 53.4 Å². The van der Waals surface area contributed by atoms with Gasteiger partial charge in [0.2, 0.25) is 0 Å². The molecular formula is C14H31NO. The summed E-state index contributed by atoms with van der Waals surface area (Å²) in [5.74, 6) is 1.59. The molecule has 0 saturated carbocycles. The fourth-order valence-corrected chi connectivity index (χ4v) is 1.98. The summed E-state index contributed by atoms with van der Waals surface area (Å²) in [4.78, 5) is 2.56. The Labute approximate surface area is 102 Å². The number of likely N-dealkylation sites (tertiary alicyclic amines) is 1. The van der Waals surface area contributed by atoms with Gasteiger partial charge in [-0.3, -0.25) is 0 Å². The summed E-state index contributed by atoms with van der Waals surface area (Å²) in [6.07, 6.45) is 4.95. The molecule has 1 aliphatic rings. The van der Waals surface area contributed by atoms with Crippen molar-refractivity contribution >= 4 is 0 Å². The molecule has 0 amide bonds. The van der Waals surface area contributed by atoms with Crippen molar-refractivity contribution in [3.05, 3.63) is 0 Å². The van der Waals surface area contributed by atoms with E-state index in [2.05, 4.69) is 32.6 Å². The molecule has 1 heterocycles. The third-order valence-electron chi connectivity index (χ3n) is 2.76. The van der Waals surface area contributed by atoms with Gasteiger partial charge >= 0.3 is 0 Å². The second-order valence-corrected chi connectivity index (χ2v) is 5.66. The van der Waals surface area contributed by atoms with E-state index in [-0.39, 0.29) is 0 Å². The minimum absolute atomic E-state index is 0.345. The number of hydrogen-bond donors (Lipinski definition) is 1. The first kappa shape index (κ1) is 15.9. The van der Waals surface area contributed by atoms with Crippen molar-refractivity contribution in [2.75, 3.05) is 26.2 Å². The van der Waals surface area contributed by atoms with E-state index in [1.54, 1.807) is 0 Å². The molecule has 2 nitrogen and oxygen atoms in total. The largest absolute Gasteiger partial charge is 0.396 e. The van der Waals surface area contributed by atoms with Crippen LogP contribution in [0.25, 0.3) is 0 Å². The molecule has 0 aromatic rings. The lowest BCUT2D eigenvalue weighted by Gasteiger charge is -2.16. The minimum Gasteiger partial charge on any atom is -0.396 e. The molecule has 98 valence electrons. The standard InChI is InChI=1S/C8H17N.C6H14O/c1-8(2)7-9-5-3-4-6-9;1-6(2)4-3-5-7/h8H,3-7H2,1-2H3;6-7H,3-5H2,1-2H3. The SMILES string of the molecule is CC(C)CCCO.CC(C)CN1CCCC1. The van der Waals surface area contributed by atoms with Crippen LogP contribution in [0.15, 0.2) is 0 Å². The lowest BCUT2D eigenvalue weighted by atomic mass is 10.1. The van der Waals surface area contributed by atoms with E-state index in [4.69, 9.17) is 5.11 Å². The van der Waals surface area contributed by atoms with Crippen molar-refractivity contribution in [3.8, 4) is 0 Å². The summed E-state index contributed by atoms with van der Waals surface area (Å²) < 4.78 is 0. The van der Waals surface area contributed by atoms with E-state index < -0.39 is 0 Å². The molecule has 1 N–H and O–H groups in total. The quantitative estimate of drug-likeness (QED) is 0.783. The third-order valence-corrected chi connectivity index (χ3v) is 2.76. The van der Waals surface area contributed by atoms with Gasteiger partial charge in [0, 0.05) is 13.2 Å². The highest BCUT2D eigenvalue weighted by Gasteiger charge is 2.11. The van der Waals surface area contributed by atoms with Gasteiger partial charge in [-0.05, 0) is 50.6 Å². The van der Waals surface area contributed by atoms with Gasteiger partial charge in [0.15, 0.2) is 0 Å². The van der Waals surface area contributed by atoms with E-state index in [0.29, 0.717) is 6.61 Å². The smallest absolute Gasteiger partial charge is 0.0431 e. The zero-order chi connectivity index (χ0) is 12.4. The van der Waals surface area contributed by atoms with Crippen LogP contribution in [0.1, 0.15) is 53.4 Å². The van der Waals surface area contributed by atoms with E-state index in [1.165, 1.54) is 32.5 Å². The number of rotatable bonds is 5. The van der Waals surface area contributed by atoms with Crippen molar-refractivity contribution < 1.29 is 5.11 Å². The first-order valence-electron chi connectivity index (χ1n) is 6.89. The molecule has 1 aliphatic heterocycles. The van der Waals surface area contributed by atoms with Crippen molar-refractivity contribution in [1.29, 1.82) is 0 Å². The van der Waals surface area contributed by atoms with Crippen molar-refractivity contribution in [2.24, 2.45) is 11.8 Å². The lowest BCUT2D eigenvalue weighted by molar-refractivity contribution is 0.276. The molecule has 16 heavy (non-hydrogen) atoms. The van der Waals surface area contributed by atoms with Crippen LogP contribution in [0, 0.1) is 11.8 Å². The molecule has 0 aliphatic carbocycles. The van der Waals surface area contributed by atoms with Gasteiger partial charge in [-0.1, -0.05) is 27.7 Å². The van der Waals surface area contributed by atoms with Gasteiger partial charge in [-0.2, -0.15) is 0 Å². The van der Waals surface area contributed by atoms with E-state index >= 15 is 0 Å². The molecule has 2 heteroatoms. The predicted molar refractivity (Wildman–Crippen MR) is 71.7 cm³/mol. The number of hydrogen-bond acceptors (Lipinski definition) is 2. The first-order chi connectivity index (χ1) is 7.56. The summed E-state index contributed by atoms with van der Waals surface area (Å²) in [5, 5.41) is 8.32. The lowest BCUT2D eigenvalue weighted by Crippen LogP contribution is -2.23. The number of aliphatic hydroxyl groups excluding tert-OH is 1. The van der Waals surface area contributed by atoms with Crippen LogP contribution < -0.4 is 0 Å². The molecule has 0 radical (unpaired) electrons. The molecule has 0 unspecified atom stereocenters. The summed E-state index contributed by atoms with van der Waals surface area (Å²) in [6.45, 7) is 13.2. The van der Waals surface area contributed by atoms with Gasteiger partial charge in [-0.15, -0.1) is 0 Å². The van der Waals surface area contributed by atoms with E-state index in [9.17, 15) is 0 Å². The topological polar surface area (TPSA) is 23.5 Å². The summed E-state index contributed by atoms with van der Waals surface area (Å²) in [7, 11) is 0. The fourth-order valence-electron chi connectivity index (χ4n) is 1.98. The Morgan fingerprint density at radius 3 is 1.88 bits per heavy atom. The number of nitrogens with zero attached hydrogens (tertiary/aromatic N) is 1. The zero-order valence-electron chi connectivity index (χ0n) is 11.7. The van der Waals surface area contributed by atoms with Crippen LogP contribution >= 0.6 is 0 Å². The Morgan fingerprint density at radius 1 is 1.00 bits per heavy atom. The summed E-state index contributed by atoms with van der Waals surface area (Å²) in [6, 6.07) is 0. The monoisotopic (exact) mass is 229 g/mol. The van der Waals surface area contributed by atoms with Gasteiger partial charge < -0.3 is 10.0 Å². The average molecular weight is 229 g/mol. The maximum Gasteiger partial charge on any atom is 0.0431 e. The van der Waals surface area contributed by atoms with Gasteiger partial charge in [0.05, 0.1) is 0 Å². The Kier molecular flexibility index (Phi) is 10.0. The van der Waals surface area contributed by atoms with E-state index in [0.717, 1.165) is 24.7 Å². The van der Waals surface area contributed by atoms with Gasteiger partial charge in [0.25, 0.3) is 0 Å². The Bertz CT molecular complexity index is 140. The average Bonchev–Trinajstić information content (AvgIpc) is 2.67. The van der Waals surface area contributed by atoms with Crippen LogP contribution in [0.2, 0.25) is 0 Å². The Morgan fingerprint density at radius 2 is 1.56 bits per heavy atom. The summed E-state index contributed by atoms with van der Waals surface area (Å²) in [5.41, 5.74) is 0. The van der Waals surface area contributed by atoms with Gasteiger partial charge in [0.1, 0.15) is 0 Å². The molecule has 0 bridgehead atoms.